The third-order valence-electron chi connectivity index (χ3n) is 3.43. The minimum Gasteiger partial charge on any atom is -0.506 e. The van der Waals surface area contributed by atoms with Gasteiger partial charge in [0.15, 0.2) is 0 Å². The van der Waals surface area contributed by atoms with E-state index in [1.165, 1.54) is 18.5 Å². The van der Waals surface area contributed by atoms with Gasteiger partial charge in [-0.25, -0.2) is 0 Å². The van der Waals surface area contributed by atoms with Crippen molar-refractivity contribution in [2.45, 2.75) is 19.8 Å². The third-order valence-corrected chi connectivity index (χ3v) is 3.43. The van der Waals surface area contributed by atoms with Crippen molar-refractivity contribution >= 4 is 11.6 Å². The highest BCUT2D eigenvalue weighted by atomic mass is 16.5. The standard InChI is InChI=1S/C17H20N2O4/c1-10(2)16-14(22-3)7-11(8-15(16)23-4)17(21)19-12-9-18-6-5-13(12)20/h5-10H,1-4H3,(H,18,20)(H,19,21). The van der Waals surface area contributed by atoms with Gasteiger partial charge in [0.2, 0.25) is 0 Å². The van der Waals surface area contributed by atoms with Crippen LogP contribution in [0.4, 0.5) is 5.69 Å². The molecule has 1 aromatic carbocycles. The highest BCUT2D eigenvalue weighted by Crippen LogP contribution is 2.36. The zero-order valence-electron chi connectivity index (χ0n) is 13.6. The lowest BCUT2D eigenvalue weighted by atomic mass is 9.98. The molecule has 6 heteroatoms. The summed E-state index contributed by atoms with van der Waals surface area (Å²) in [5.74, 6) is 0.908. The molecule has 122 valence electrons. The Balaban J connectivity index is 2.39. The number of carbonyl (C=O) groups excluding carboxylic acids is 1. The number of anilines is 1. The van der Waals surface area contributed by atoms with Crippen molar-refractivity contribution in [3.8, 4) is 17.2 Å². The number of hydrogen-bond donors (Lipinski definition) is 2. The molecule has 0 radical (unpaired) electrons. The summed E-state index contributed by atoms with van der Waals surface area (Å²) in [5.41, 5.74) is 1.51. The number of pyridine rings is 1. The van der Waals surface area contributed by atoms with Crippen molar-refractivity contribution in [1.82, 2.24) is 4.98 Å². The highest BCUT2D eigenvalue weighted by molar-refractivity contribution is 6.05. The van der Waals surface area contributed by atoms with Crippen LogP contribution in [0, 0.1) is 0 Å². The lowest BCUT2D eigenvalue weighted by molar-refractivity contribution is 0.102. The first-order chi connectivity index (χ1) is 11.0. The first-order valence-corrected chi connectivity index (χ1v) is 7.18. The van der Waals surface area contributed by atoms with E-state index >= 15 is 0 Å². The van der Waals surface area contributed by atoms with Crippen LogP contribution in [-0.4, -0.2) is 30.2 Å². The molecular weight excluding hydrogens is 296 g/mol. The van der Waals surface area contributed by atoms with E-state index in [0.717, 1.165) is 5.56 Å². The summed E-state index contributed by atoms with van der Waals surface area (Å²) in [6.45, 7) is 4.04. The van der Waals surface area contributed by atoms with Crippen LogP contribution in [0.5, 0.6) is 17.2 Å². The Morgan fingerprint density at radius 1 is 1.22 bits per heavy atom. The predicted molar refractivity (Wildman–Crippen MR) is 87.5 cm³/mol. The summed E-state index contributed by atoms with van der Waals surface area (Å²) in [4.78, 5) is 16.3. The molecule has 23 heavy (non-hydrogen) atoms. The SMILES string of the molecule is COc1cc(C(=O)Nc2cnccc2O)cc(OC)c1C(C)C. The Labute approximate surface area is 135 Å². The number of nitrogens with one attached hydrogen (secondary N) is 1. The number of hydrogen-bond acceptors (Lipinski definition) is 5. The number of benzene rings is 1. The Bertz CT molecular complexity index is 688. The maximum Gasteiger partial charge on any atom is 0.256 e. The minimum atomic E-state index is -0.389. The second-order valence-electron chi connectivity index (χ2n) is 5.30. The number of carbonyl (C=O) groups is 1. The molecule has 0 aliphatic heterocycles. The van der Waals surface area contributed by atoms with E-state index in [0.29, 0.717) is 17.1 Å². The minimum absolute atomic E-state index is 0.0499. The van der Waals surface area contributed by atoms with Crippen LogP contribution in [0.15, 0.2) is 30.6 Å². The number of nitrogens with zero attached hydrogens (tertiary/aromatic N) is 1. The quantitative estimate of drug-likeness (QED) is 0.885. The second-order valence-corrected chi connectivity index (χ2v) is 5.30. The van der Waals surface area contributed by atoms with Crippen molar-refractivity contribution in [3.05, 3.63) is 41.7 Å². The number of methoxy groups -OCH3 is 2. The van der Waals surface area contributed by atoms with E-state index in [2.05, 4.69) is 10.3 Å². The largest absolute Gasteiger partial charge is 0.506 e. The van der Waals surface area contributed by atoms with Crippen molar-refractivity contribution in [1.29, 1.82) is 0 Å². The number of amides is 1. The molecule has 0 bridgehead atoms. The van der Waals surface area contributed by atoms with E-state index in [4.69, 9.17) is 9.47 Å². The smallest absolute Gasteiger partial charge is 0.256 e. The Kier molecular flexibility index (Phi) is 5.05. The zero-order chi connectivity index (χ0) is 17.0. The molecule has 1 heterocycles. The molecule has 1 aromatic heterocycles. The van der Waals surface area contributed by atoms with Crippen molar-refractivity contribution in [2.24, 2.45) is 0 Å². The normalized spacial score (nSPS) is 10.5. The molecule has 0 saturated heterocycles. The van der Waals surface area contributed by atoms with Crippen LogP contribution in [-0.2, 0) is 0 Å². The summed E-state index contributed by atoms with van der Waals surface area (Å²) in [6.07, 6.45) is 2.82. The van der Waals surface area contributed by atoms with Crippen LogP contribution in [0.1, 0.15) is 35.7 Å². The van der Waals surface area contributed by atoms with Gasteiger partial charge in [0.1, 0.15) is 22.9 Å². The van der Waals surface area contributed by atoms with Crippen LogP contribution < -0.4 is 14.8 Å². The predicted octanol–water partition coefficient (Wildman–Crippen LogP) is 3.18. The number of aromatic nitrogens is 1. The number of rotatable bonds is 5. The maximum atomic E-state index is 12.4. The second kappa shape index (κ2) is 7.00. The first-order valence-electron chi connectivity index (χ1n) is 7.18. The Morgan fingerprint density at radius 3 is 2.30 bits per heavy atom. The molecule has 0 atom stereocenters. The van der Waals surface area contributed by atoms with Gasteiger partial charge < -0.3 is 19.9 Å². The molecule has 0 aliphatic carbocycles. The fraction of sp³-hybridized carbons (Fsp3) is 0.294. The van der Waals surface area contributed by atoms with Gasteiger partial charge in [0.05, 0.1) is 20.4 Å². The topological polar surface area (TPSA) is 80.7 Å². The molecular formula is C17H20N2O4. The average Bonchev–Trinajstić information content (AvgIpc) is 2.55. The summed E-state index contributed by atoms with van der Waals surface area (Å²) in [5, 5.41) is 12.3. The van der Waals surface area contributed by atoms with Gasteiger partial charge in [-0.1, -0.05) is 13.8 Å². The van der Waals surface area contributed by atoms with Gasteiger partial charge in [0, 0.05) is 23.4 Å². The molecule has 2 N–H and O–H groups in total. The van der Waals surface area contributed by atoms with Gasteiger partial charge in [-0.05, 0) is 18.1 Å². The lowest BCUT2D eigenvalue weighted by Gasteiger charge is -2.17. The number of aromatic hydroxyl groups is 1. The molecule has 2 aromatic rings. The van der Waals surface area contributed by atoms with Crippen molar-refractivity contribution < 1.29 is 19.4 Å². The van der Waals surface area contributed by atoms with Crippen LogP contribution in [0.3, 0.4) is 0 Å². The summed E-state index contributed by atoms with van der Waals surface area (Å²) < 4.78 is 10.8. The Hall–Kier alpha value is -2.76. The maximum absolute atomic E-state index is 12.4. The Morgan fingerprint density at radius 2 is 1.83 bits per heavy atom. The molecule has 2 rings (SSSR count). The van der Waals surface area contributed by atoms with E-state index in [-0.39, 0.29) is 23.3 Å². The highest BCUT2D eigenvalue weighted by Gasteiger charge is 2.19. The molecule has 1 amide bonds. The van der Waals surface area contributed by atoms with Gasteiger partial charge in [-0.15, -0.1) is 0 Å². The van der Waals surface area contributed by atoms with Crippen molar-refractivity contribution in [3.63, 3.8) is 0 Å². The zero-order valence-corrected chi connectivity index (χ0v) is 13.6. The summed E-state index contributed by atoms with van der Waals surface area (Å²) in [6, 6.07) is 4.71. The molecule has 0 saturated carbocycles. The van der Waals surface area contributed by atoms with E-state index in [9.17, 15) is 9.90 Å². The van der Waals surface area contributed by atoms with Gasteiger partial charge in [-0.2, -0.15) is 0 Å². The van der Waals surface area contributed by atoms with E-state index in [1.54, 1.807) is 26.4 Å². The monoisotopic (exact) mass is 316 g/mol. The number of ether oxygens (including phenoxy) is 2. The molecule has 0 spiro atoms. The fourth-order valence-electron chi connectivity index (χ4n) is 2.32. The van der Waals surface area contributed by atoms with Crippen molar-refractivity contribution in [2.75, 3.05) is 19.5 Å². The fourth-order valence-corrected chi connectivity index (χ4v) is 2.32. The van der Waals surface area contributed by atoms with Crippen LogP contribution >= 0.6 is 0 Å². The van der Waals surface area contributed by atoms with Gasteiger partial charge in [0.25, 0.3) is 5.91 Å². The summed E-state index contributed by atoms with van der Waals surface area (Å²) in [7, 11) is 3.10. The van der Waals surface area contributed by atoms with Gasteiger partial charge in [-0.3, -0.25) is 9.78 Å². The van der Waals surface area contributed by atoms with Crippen LogP contribution in [0.2, 0.25) is 0 Å². The average molecular weight is 316 g/mol. The molecule has 0 fully saturated rings. The van der Waals surface area contributed by atoms with E-state index < -0.39 is 0 Å². The lowest BCUT2D eigenvalue weighted by Crippen LogP contribution is -2.13. The third kappa shape index (κ3) is 3.53. The van der Waals surface area contributed by atoms with Gasteiger partial charge >= 0.3 is 0 Å². The first kappa shape index (κ1) is 16.6. The van der Waals surface area contributed by atoms with Crippen LogP contribution in [0.25, 0.3) is 0 Å². The summed E-state index contributed by atoms with van der Waals surface area (Å²) >= 11 is 0. The van der Waals surface area contributed by atoms with E-state index in [1.807, 2.05) is 13.8 Å². The molecule has 0 unspecified atom stereocenters. The molecule has 6 nitrogen and oxygen atoms in total. The molecule has 0 aliphatic rings.